The highest BCUT2D eigenvalue weighted by atomic mass is 32.1. The molecule has 0 atom stereocenters. The standard InChI is InChI=1S/C12H16N4S/c1-7(2)10-5-11(13)16-12(15-10)4-9-6-17-8(3)14-9/h5-7H,4H2,1-3H3,(H2,13,15,16). The van der Waals surface area contributed by atoms with Gasteiger partial charge in [0, 0.05) is 17.1 Å². The monoisotopic (exact) mass is 248 g/mol. The zero-order valence-electron chi connectivity index (χ0n) is 10.3. The molecule has 2 aromatic heterocycles. The van der Waals surface area contributed by atoms with Gasteiger partial charge in [-0.05, 0) is 12.8 Å². The Hall–Kier alpha value is -1.49. The molecule has 0 aliphatic heterocycles. The van der Waals surface area contributed by atoms with Crippen molar-refractivity contribution in [2.75, 3.05) is 5.73 Å². The van der Waals surface area contributed by atoms with Crippen LogP contribution in [0.2, 0.25) is 0 Å². The number of aromatic nitrogens is 3. The van der Waals surface area contributed by atoms with Gasteiger partial charge in [-0.3, -0.25) is 0 Å². The van der Waals surface area contributed by atoms with Crippen LogP contribution < -0.4 is 5.73 Å². The average molecular weight is 248 g/mol. The van der Waals surface area contributed by atoms with E-state index in [4.69, 9.17) is 5.73 Å². The van der Waals surface area contributed by atoms with Gasteiger partial charge in [0.05, 0.1) is 17.1 Å². The number of anilines is 1. The SMILES string of the molecule is Cc1nc(Cc2nc(N)cc(C(C)C)n2)cs1. The summed E-state index contributed by atoms with van der Waals surface area (Å²) in [5, 5.41) is 3.10. The van der Waals surface area contributed by atoms with Crippen LogP contribution in [-0.2, 0) is 6.42 Å². The Morgan fingerprint density at radius 2 is 2.06 bits per heavy atom. The fourth-order valence-corrected chi connectivity index (χ4v) is 2.18. The highest BCUT2D eigenvalue weighted by molar-refractivity contribution is 7.09. The van der Waals surface area contributed by atoms with Crippen LogP contribution >= 0.6 is 11.3 Å². The summed E-state index contributed by atoms with van der Waals surface area (Å²) in [4.78, 5) is 13.2. The zero-order chi connectivity index (χ0) is 12.4. The van der Waals surface area contributed by atoms with Gasteiger partial charge in [0.25, 0.3) is 0 Å². The second-order valence-electron chi connectivity index (χ2n) is 4.32. The minimum absolute atomic E-state index is 0.358. The Morgan fingerprint density at radius 1 is 1.29 bits per heavy atom. The Balaban J connectivity index is 2.26. The first-order valence-electron chi connectivity index (χ1n) is 5.59. The molecule has 0 spiro atoms. The molecule has 2 aromatic rings. The second-order valence-corrected chi connectivity index (χ2v) is 5.39. The molecule has 0 aliphatic rings. The first-order valence-corrected chi connectivity index (χ1v) is 6.47. The van der Waals surface area contributed by atoms with E-state index >= 15 is 0 Å². The van der Waals surface area contributed by atoms with Crippen LogP contribution in [0.1, 0.15) is 42.0 Å². The third kappa shape index (κ3) is 3.00. The number of nitrogens with zero attached hydrogens (tertiary/aromatic N) is 3. The molecule has 5 heteroatoms. The largest absolute Gasteiger partial charge is 0.384 e. The summed E-state index contributed by atoms with van der Waals surface area (Å²) in [6, 6.07) is 1.83. The van der Waals surface area contributed by atoms with Crippen LogP contribution in [0.15, 0.2) is 11.4 Å². The number of aryl methyl sites for hydroxylation is 1. The third-order valence-corrected chi connectivity index (χ3v) is 3.23. The van der Waals surface area contributed by atoms with Crippen molar-refractivity contribution in [3.63, 3.8) is 0 Å². The average Bonchev–Trinajstić information content (AvgIpc) is 2.63. The molecule has 90 valence electrons. The second kappa shape index (κ2) is 4.79. The van der Waals surface area contributed by atoms with Crippen LogP contribution in [0, 0.1) is 6.92 Å². The van der Waals surface area contributed by atoms with E-state index in [1.54, 1.807) is 11.3 Å². The number of rotatable bonds is 3. The van der Waals surface area contributed by atoms with E-state index in [2.05, 4.69) is 28.8 Å². The predicted molar refractivity (Wildman–Crippen MR) is 70.2 cm³/mol. The maximum absolute atomic E-state index is 5.79. The summed E-state index contributed by atoms with van der Waals surface area (Å²) >= 11 is 1.64. The maximum Gasteiger partial charge on any atom is 0.136 e. The predicted octanol–water partition coefficient (Wildman–Crippen LogP) is 2.54. The molecule has 0 unspecified atom stereocenters. The van der Waals surface area contributed by atoms with Gasteiger partial charge in [0.2, 0.25) is 0 Å². The van der Waals surface area contributed by atoms with Crippen molar-refractivity contribution in [1.82, 2.24) is 15.0 Å². The summed E-state index contributed by atoms with van der Waals surface area (Å²) in [7, 11) is 0. The van der Waals surface area contributed by atoms with Crippen molar-refractivity contribution in [2.45, 2.75) is 33.1 Å². The van der Waals surface area contributed by atoms with Crippen LogP contribution in [0.25, 0.3) is 0 Å². The molecule has 0 fully saturated rings. The molecule has 0 aromatic carbocycles. The number of hydrogen-bond donors (Lipinski definition) is 1. The van der Waals surface area contributed by atoms with E-state index in [0.29, 0.717) is 18.2 Å². The normalized spacial score (nSPS) is 11.1. The molecule has 0 aliphatic carbocycles. The van der Waals surface area contributed by atoms with Crippen LogP contribution in [0.3, 0.4) is 0 Å². The lowest BCUT2D eigenvalue weighted by Gasteiger charge is -2.07. The molecule has 4 nitrogen and oxygen atoms in total. The van der Waals surface area contributed by atoms with E-state index < -0.39 is 0 Å². The van der Waals surface area contributed by atoms with E-state index in [1.807, 2.05) is 18.4 Å². The quantitative estimate of drug-likeness (QED) is 0.906. The van der Waals surface area contributed by atoms with Gasteiger partial charge in [-0.1, -0.05) is 13.8 Å². The van der Waals surface area contributed by atoms with E-state index in [1.165, 1.54) is 0 Å². The Bertz CT molecular complexity index is 519. The highest BCUT2D eigenvalue weighted by Gasteiger charge is 2.08. The van der Waals surface area contributed by atoms with Crippen LogP contribution in [-0.4, -0.2) is 15.0 Å². The van der Waals surface area contributed by atoms with E-state index in [-0.39, 0.29) is 0 Å². The van der Waals surface area contributed by atoms with Crippen molar-refractivity contribution in [3.05, 3.63) is 33.7 Å². The zero-order valence-corrected chi connectivity index (χ0v) is 11.1. The fourth-order valence-electron chi connectivity index (χ4n) is 1.57. The summed E-state index contributed by atoms with van der Waals surface area (Å²) in [6.45, 7) is 6.19. The van der Waals surface area contributed by atoms with Gasteiger partial charge >= 0.3 is 0 Å². The smallest absolute Gasteiger partial charge is 0.136 e. The summed E-state index contributed by atoms with van der Waals surface area (Å²) < 4.78 is 0. The summed E-state index contributed by atoms with van der Waals surface area (Å²) in [5.41, 5.74) is 7.78. The number of nitrogen functional groups attached to an aromatic ring is 1. The molecule has 2 rings (SSSR count). The lowest BCUT2D eigenvalue weighted by Crippen LogP contribution is -2.05. The molecule has 2 heterocycles. The van der Waals surface area contributed by atoms with Gasteiger partial charge < -0.3 is 5.73 Å². The molecule has 2 N–H and O–H groups in total. The summed E-state index contributed by atoms with van der Waals surface area (Å²) in [5.74, 6) is 1.64. The molecule has 0 saturated carbocycles. The molecular formula is C12H16N4S. The van der Waals surface area contributed by atoms with Gasteiger partial charge in [0.1, 0.15) is 11.6 Å². The van der Waals surface area contributed by atoms with Crippen LogP contribution in [0.4, 0.5) is 5.82 Å². The maximum atomic E-state index is 5.79. The first kappa shape index (κ1) is 12.0. The Kier molecular flexibility index (Phi) is 3.38. The third-order valence-electron chi connectivity index (χ3n) is 2.41. The number of hydrogen-bond acceptors (Lipinski definition) is 5. The number of thiazole rings is 1. The van der Waals surface area contributed by atoms with Crippen molar-refractivity contribution < 1.29 is 0 Å². The Morgan fingerprint density at radius 3 is 2.65 bits per heavy atom. The minimum atomic E-state index is 0.358. The molecular weight excluding hydrogens is 232 g/mol. The fraction of sp³-hybridized carbons (Fsp3) is 0.417. The molecule has 17 heavy (non-hydrogen) atoms. The lowest BCUT2D eigenvalue weighted by atomic mass is 10.1. The molecule has 0 amide bonds. The van der Waals surface area contributed by atoms with Crippen molar-refractivity contribution in [3.8, 4) is 0 Å². The van der Waals surface area contributed by atoms with Gasteiger partial charge in [0.15, 0.2) is 0 Å². The topological polar surface area (TPSA) is 64.7 Å². The molecule has 0 radical (unpaired) electrons. The Labute approximate surface area is 105 Å². The molecule has 0 saturated heterocycles. The van der Waals surface area contributed by atoms with Crippen molar-refractivity contribution in [2.24, 2.45) is 0 Å². The van der Waals surface area contributed by atoms with Crippen LogP contribution in [0.5, 0.6) is 0 Å². The van der Waals surface area contributed by atoms with E-state index in [0.717, 1.165) is 22.2 Å². The van der Waals surface area contributed by atoms with Gasteiger partial charge in [-0.2, -0.15) is 0 Å². The van der Waals surface area contributed by atoms with E-state index in [9.17, 15) is 0 Å². The lowest BCUT2D eigenvalue weighted by molar-refractivity contribution is 0.791. The highest BCUT2D eigenvalue weighted by Crippen LogP contribution is 2.16. The van der Waals surface area contributed by atoms with Gasteiger partial charge in [-0.25, -0.2) is 15.0 Å². The first-order chi connectivity index (χ1) is 8.04. The van der Waals surface area contributed by atoms with Crippen molar-refractivity contribution in [1.29, 1.82) is 0 Å². The van der Waals surface area contributed by atoms with Crippen molar-refractivity contribution >= 4 is 17.2 Å². The molecule has 0 bridgehead atoms. The number of nitrogens with two attached hydrogens (primary N) is 1. The minimum Gasteiger partial charge on any atom is -0.384 e. The van der Waals surface area contributed by atoms with Gasteiger partial charge in [-0.15, -0.1) is 11.3 Å². The summed E-state index contributed by atoms with van der Waals surface area (Å²) in [6.07, 6.45) is 0.648.